The molecule has 3 rings (SSSR count). The van der Waals surface area contributed by atoms with E-state index in [2.05, 4.69) is 9.82 Å². The standard InChI is InChI=1S/C14H14N2O4S/c17-9-20-16-21(18,19)14-12-4-2-1-3-10(12)7-11-8-15-6-5-13(11)14/h5-9,16H,1-4H2. The number of fused-ring (bicyclic) bond motifs is 2. The lowest BCUT2D eigenvalue weighted by Crippen LogP contribution is -2.26. The average Bonchev–Trinajstić information content (AvgIpc) is 2.50. The van der Waals surface area contributed by atoms with E-state index in [-0.39, 0.29) is 11.4 Å². The summed E-state index contributed by atoms with van der Waals surface area (Å²) in [6.07, 6.45) is 6.72. The van der Waals surface area contributed by atoms with Crippen LogP contribution < -0.4 is 4.89 Å². The van der Waals surface area contributed by atoms with Crippen LogP contribution in [-0.2, 0) is 32.5 Å². The van der Waals surface area contributed by atoms with Crippen LogP contribution in [0.1, 0.15) is 24.0 Å². The SMILES string of the molecule is O=CONS(=O)(=O)c1c2c(cc3cnccc13)CCCC2. The summed E-state index contributed by atoms with van der Waals surface area (Å²) >= 11 is 0. The molecule has 21 heavy (non-hydrogen) atoms. The lowest BCUT2D eigenvalue weighted by atomic mass is 9.89. The zero-order valence-electron chi connectivity index (χ0n) is 11.2. The van der Waals surface area contributed by atoms with Gasteiger partial charge in [-0.05, 0) is 53.8 Å². The van der Waals surface area contributed by atoms with Gasteiger partial charge in [-0.15, -0.1) is 0 Å². The van der Waals surface area contributed by atoms with Crippen LogP contribution in [-0.4, -0.2) is 19.9 Å². The number of sulfonamides is 1. The number of rotatable bonds is 4. The number of benzene rings is 1. The maximum atomic E-state index is 12.5. The molecule has 1 aliphatic rings. The molecule has 0 radical (unpaired) electrons. The summed E-state index contributed by atoms with van der Waals surface area (Å²) in [6.45, 7) is 0.0523. The van der Waals surface area contributed by atoms with Gasteiger partial charge in [0.15, 0.2) is 0 Å². The Morgan fingerprint density at radius 3 is 2.90 bits per heavy atom. The topological polar surface area (TPSA) is 85.4 Å². The molecule has 0 aliphatic heterocycles. The molecule has 6 nitrogen and oxygen atoms in total. The molecule has 1 aromatic carbocycles. The lowest BCUT2D eigenvalue weighted by molar-refractivity contribution is -0.131. The Labute approximate surface area is 122 Å². The molecule has 0 saturated carbocycles. The zero-order chi connectivity index (χ0) is 14.9. The van der Waals surface area contributed by atoms with E-state index in [9.17, 15) is 13.2 Å². The fourth-order valence-electron chi connectivity index (χ4n) is 2.86. The van der Waals surface area contributed by atoms with Crippen LogP contribution >= 0.6 is 0 Å². The number of aromatic nitrogens is 1. The van der Waals surface area contributed by atoms with E-state index in [1.54, 1.807) is 18.5 Å². The largest absolute Gasteiger partial charge is 0.358 e. The highest BCUT2D eigenvalue weighted by Gasteiger charge is 2.26. The van der Waals surface area contributed by atoms with Crippen LogP contribution in [0.5, 0.6) is 0 Å². The van der Waals surface area contributed by atoms with Gasteiger partial charge in [0.1, 0.15) is 0 Å². The maximum absolute atomic E-state index is 12.5. The predicted molar refractivity (Wildman–Crippen MR) is 75.9 cm³/mol. The normalized spacial score (nSPS) is 14.7. The molecule has 7 heteroatoms. The Balaban J connectivity index is 2.30. The minimum absolute atomic E-state index is 0.0523. The van der Waals surface area contributed by atoms with E-state index >= 15 is 0 Å². The molecule has 110 valence electrons. The van der Waals surface area contributed by atoms with Gasteiger partial charge < -0.3 is 4.84 Å². The van der Waals surface area contributed by atoms with E-state index in [0.29, 0.717) is 11.8 Å². The molecule has 0 fully saturated rings. The highest BCUT2D eigenvalue weighted by Crippen LogP contribution is 2.33. The first-order valence-electron chi connectivity index (χ1n) is 6.63. The molecule has 1 aromatic heterocycles. The van der Waals surface area contributed by atoms with Gasteiger partial charge in [-0.25, -0.2) is 8.42 Å². The summed E-state index contributed by atoms with van der Waals surface area (Å²) in [7, 11) is -3.92. The van der Waals surface area contributed by atoms with Crippen LogP contribution in [0.25, 0.3) is 10.8 Å². The highest BCUT2D eigenvalue weighted by molar-refractivity contribution is 7.89. The van der Waals surface area contributed by atoms with Crippen molar-refractivity contribution in [3.05, 3.63) is 35.7 Å². The minimum Gasteiger partial charge on any atom is -0.358 e. The Hall–Kier alpha value is -1.99. The number of pyridine rings is 1. The third-order valence-electron chi connectivity index (χ3n) is 3.69. The van der Waals surface area contributed by atoms with Gasteiger partial charge >= 0.3 is 6.47 Å². The van der Waals surface area contributed by atoms with E-state index in [4.69, 9.17) is 0 Å². The van der Waals surface area contributed by atoms with Crippen molar-refractivity contribution < 1.29 is 18.0 Å². The first-order chi connectivity index (χ1) is 10.1. The molecule has 0 atom stereocenters. The molecule has 0 bridgehead atoms. The highest BCUT2D eigenvalue weighted by atomic mass is 32.2. The summed E-state index contributed by atoms with van der Waals surface area (Å²) in [5, 5.41) is 1.36. The minimum atomic E-state index is -3.92. The maximum Gasteiger partial charge on any atom is 0.314 e. The second-order valence-corrected chi connectivity index (χ2v) is 6.53. The van der Waals surface area contributed by atoms with Crippen molar-refractivity contribution in [2.45, 2.75) is 30.6 Å². The first-order valence-corrected chi connectivity index (χ1v) is 8.11. The van der Waals surface area contributed by atoms with Crippen molar-refractivity contribution in [3.63, 3.8) is 0 Å². The molecule has 1 heterocycles. The van der Waals surface area contributed by atoms with Crippen LogP contribution in [0.15, 0.2) is 29.4 Å². The Morgan fingerprint density at radius 2 is 2.10 bits per heavy atom. The van der Waals surface area contributed by atoms with Crippen molar-refractivity contribution >= 4 is 27.3 Å². The lowest BCUT2D eigenvalue weighted by Gasteiger charge is -2.21. The van der Waals surface area contributed by atoms with Crippen LogP contribution in [0.2, 0.25) is 0 Å². The number of hydrogen-bond acceptors (Lipinski definition) is 5. The monoisotopic (exact) mass is 306 g/mol. The van der Waals surface area contributed by atoms with Gasteiger partial charge in [0, 0.05) is 23.2 Å². The van der Waals surface area contributed by atoms with Gasteiger partial charge in [0.2, 0.25) is 0 Å². The zero-order valence-corrected chi connectivity index (χ0v) is 12.0. The summed E-state index contributed by atoms with van der Waals surface area (Å²) in [5.41, 5.74) is 1.83. The van der Waals surface area contributed by atoms with Crippen molar-refractivity contribution in [1.82, 2.24) is 9.87 Å². The first kappa shape index (κ1) is 14.0. The predicted octanol–water partition coefficient (Wildman–Crippen LogP) is 1.48. The molecule has 0 saturated heterocycles. The molecule has 0 amide bonds. The fraction of sp³-hybridized carbons (Fsp3) is 0.286. The quantitative estimate of drug-likeness (QED) is 0.683. The van der Waals surface area contributed by atoms with Gasteiger partial charge in [-0.1, -0.05) is 0 Å². The third kappa shape index (κ3) is 2.50. The summed E-state index contributed by atoms with van der Waals surface area (Å²) in [4.78, 5) is 20.6. The number of carbonyl (C=O) groups is 1. The summed E-state index contributed by atoms with van der Waals surface area (Å²) in [6, 6.07) is 3.66. The smallest absolute Gasteiger partial charge is 0.314 e. The van der Waals surface area contributed by atoms with Gasteiger partial charge in [-0.3, -0.25) is 9.78 Å². The number of aryl methyl sites for hydroxylation is 1. The molecular formula is C14H14N2O4S. The van der Waals surface area contributed by atoms with Gasteiger partial charge in [0.05, 0.1) is 4.90 Å². The van der Waals surface area contributed by atoms with Crippen molar-refractivity contribution in [2.24, 2.45) is 0 Å². The number of hydrogen-bond donors (Lipinski definition) is 1. The third-order valence-corrected chi connectivity index (χ3v) is 5.00. The van der Waals surface area contributed by atoms with Crippen molar-refractivity contribution in [3.8, 4) is 0 Å². The number of nitrogens with one attached hydrogen (secondary N) is 1. The van der Waals surface area contributed by atoms with E-state index in [0.717, 1.165) is 35.8 Å². The molecule has 0 spiro atoms. The molecule has 1 aliphatic carbocycles. The second-order valence-electron chi connectivity index (χ2n) is 4.95. The average molecular weight is 306 g/mol. The molecule has 2 aromatic rings. The summed E-state index contributed by atoms with van der Waals surface area (Å²) < 4.78 is 24.9. The van der Waals surface area contributed by atoms with Crippen LogP contribution in [0.4, 0.5) is 0 Å². The Morgan fingerprint density at radius 1 is 1.29 bits per heavy atom. The molecular weight excluding hydrogens is 292 g/mol. The van der Waals surface area contributed by atoms with E-state index in [1.807, 2.05) is 11.0 Å². The molecule has 1 N–H and O–H groups in total. The summed E-state index contributed by atoms with van der Waals surface area (Å²) in [5.74, 6) is 0. The number of carbonyl (C=O) groups excluding carboxylic acids is 1. The number of nitrogens with zero attached hydrogens (tertiary/aromatic N) is 1. The van der Waals surface area contributed by atoms with Gasteiger partial charge in [-0.2, -0.15) is 0 Å². The molecule has 0 unspecified atom stereocenters. The second kappa shape index (κ2) is 5.42. The Bertz CT molecular complexity index is 802. The van der Waals surface area contributed by atoms with Crippen molar-refractivity contribution in [2.75, 3.05) is 0 Å². The van der Waals surface area contributed by atoms with Crippen LogP contribution in [0.3, 0.4) is 0 Å². The van der Waals surface area contributed by atoms with E-state index < -0.39 is 10.0 Å². The van der Waals surface area contributed by atoms with Gasteiger partial charge in [0.25, 0.3) is 10.0 Å². The van der Waals surface area contributed by atoms with Crippen LogP contribution in [0, 0.1) is 0 Å². The fourth-order valence-corrected chi connectivity index (χ4v) is 4.14. The Kier molecular flexibility index (Phi) is 3.60. The van der Waals surface area contributed by atoms with Crippen molar-refractivity contribution in [1.29, 1.82) is 0 Å². The van der Waals surface area contributed by atoms with E-state index in [1.165, 1.54) is 0 Å².